The highest BCUT2D eigenvalue weighted by Gasteiger charge is 2.31. The molecule has 4 rings (SSSR count). The van der Waals surface area contributed by atoms with E-state index in [1.165, 1.54) is 41.0 Å². The zero-order valence-corrected chi connectivity index (χ0v) is 20.7. The molecule has 2 amide bonds. The average Bonchev–Trinajstić information content (AvgIpc) is 3.30. The van der Waals surface area contributed by atoms with Gasteiger partial charge < -0.3 is 10.6 Å². The summed E-state index contributed by atoms with van der Waals surface area (Å²) in [6.07, 6.45) is -4.58. The number of hydrogen-bond donors (Lipinski definition) is 2. The Morgan fingerprint density at radius 2 is 1.71 bits per heavy atom. The molecule has 1 heterocycles. The highest BCUT2D eigenvalue weighted by Crippen LogP contribution is 2.31. The lowest BCUT2D eigenvalue weighted by Gasteiger charge is -2.13. The number of nitrogens with one attached hydrogen (secondary N) is 2. The number of halogens is 4. The Labute approximate surface area is 219 Å². The number of aromatic nitrogens is 3. The molecular formula is C26H21F4N5O2S. The summed E-state index contributed by atoms with van der Waals surface area (Å²) in [5, 5.41) is 13.6. The molecule has 0 saturated heterocycles. The molecule has 0 atom stereocenters. The standard InChI is InChI=1S/C26H21F4N5O2S/c1-16-4-2-5-17(12-16)24(37)31-14-22-33-34-25(35(22)21-7-3-6-18(13-21)26(28,29)30)38-15-23(36)32-20-10-8-19(27)9-11-20/h2-13H,14-15H2,1H3,(H,31,37)(H,32,36). The van der Waals surface area contributed by atoms with Crippen LogP contribution in [-0.4, -0.2) is 32.3 Å². The number of amides is 2. The van der Waals surface area contributed by atoms with Crippen LogP contribution in [0.15, 0.2) is 78.0 Å². The van der Waals surface area contributed by atoms with Crippen LogP contribution in [0.2, 0.25) is 0 Å². The lowest BCUT2D eigenvalue weighted by molar-refractivity contribution is -0.137. The van der Waals surface area contributed by atoms with E-state index in [1.807, 2.05) is 13.0 Å². The van der Waals surface area contributed by atoms with Crippen LogP contribution >= 0.6 is 11.8 Å². The molecule has 0 saturated carbocycles. The van der Waals surface area contributed by atoms with Gasteiger partial charge in [0.05, 0.1) is 23.5 Å². The third-order valence-electron chi connectivity index (χ3n) is 5.28. The molecule has 2 N–H and O–H groups in total. The van der Waals surface area contributed by atoms with E-state index in [4.69, 9.17) is 0 Å². The summed E-state index contributed by atoms with van der Waals surface area (Å²) in [5.74, 6) is -1.25. The van der Waals surface area contributed by atoms with Gasteiger partial charge in [-0.05, 0) is 61.5 Å². The van der Waals surface area contributed by atoms with Gasteiger partial charge in [0.1, 0.15) is 5.82 Å². The molecular weight excluding hydrogens is 522 g/mol. The second-order valence-electron chi connectivity index (χ2n) is 8.18. The molecule has 38 heavy (non-hydrogen) atoms. The Balaban J connectivity index is 1.57. The number of alkyl halides is 3. The molecule has 0 radical (unpaired) electrons. The second-order valence-corrected chi connectivity index (χ2v) is 9.12. The average molecular weight is 544 g/mol. The fraction of sp³-hybridized carbons (Fsp3) is 0.154. The first-order valence-electron chi connectivity index (χ1n) is 11.2. The number of hydrogen-bond acceptors (Lipinski definition) is 5. The van der Waals surface area contributed by atoms with Crippen LogP contribution in [-0.2, 0) is 17.5 Å². The summed E-state index contributed by atoms with van der Waals surface area (Å²) in [5.41, 5.74) is 0.940. The molecule has 0 unspecified atom stereocenters. The van der Waals surface area contributed by atoms with Crippen molar-refractivity contribution in [1.29, 1.82) is 0 Å². The van der Waals surface area contributed by atoms with E-state index in [0.29, 0.717) is 11.3 Å². The number of rotatable bonds is 8. The number of thioether (sulfide) groups is 1. The number of aryl methyl sites for hydroxylation is 1. The van der Waals surface area contributed by atoms with Crippen LogP contribution < -0.4 is 10.6 Å². The Hall–Kier alpha value is -4.19. The monoisotopic (exact) mass is 543 g/mol. The highest BCUT2D eigenvalue weighted by molar-refractivity contribution is 7.99. The molecule has 0 fully saturated rings. The van der Waals surface area contributed by atoms with Crippen molar-refractivity contribution in [2.45, 2.75) is 24.8 Å². The molecule has 4 aromatic rings. The normalized spacial score (nSPS) is 11.3. The maximum atomic E-state index is 13.4. The SMILES string of the molecule is Cc1cccc(C(=O)NCc2nnc(SCC(=O)Nc3ccc(F)cc3)n2-c2cccc(C(F)(F)F)c2)c1. The van der Waals surface area contributed by atoms with Crippen LogP contribution in [0.4, 0.5) is 23.2 Å². The van der Waals surface area contributed by atoms with Crippen molar-refractivity contribution in [2.24, 2.45) is 0 Å². The van der Waals surface area contributed by atoms with Gasteiger partial charge in [0.2, 0.25) is 5.91 Å². The van der Waals surface area contributed by atoms with Gasteiger partial charge in [0.15, 0.2) is 11.0 Å². The minimum Gasteiger partial charge on any atom is -0.345 e. The van der Waals surface area contributed by atoms with E-state index in [-0.39, 0.29) is 34.9 Å². The number of nitrogens with zero attached hydrogens (tertiary/aromatic N) is 3. The van der Waals surface area contributed by atoms with Crippen LogP contribution in [0.5, 0.6) is 0 Å². The third-order valence-corrected chi connectivity index (χ3v) is 6.21. The van der Waals surface area contributed by atoms with E-state index < -0.39 is 23.5 Å². The zero-order valence-electron chi connectivity index (χ0n) is 19.9. The first-order chi connectivity index (χ1) is 18.1. The minimum absolute atomic E-state index is 0.117. The summed E-state index contributed by atoms with van der Waals surface area (Å²) in [4.78, 5) is 25.0. The lowest BCUT2D eigenvalue weighted by Crippen LogP contribution is -2.24. The maximum Gasteiger partial charge on any atom is 0.416 e. The minimum atomic E-state index is -4.58. The Morgan fingerprint density at radius 1 is 0.974 bits per heavy atom. The molecule has 0 aliphatic heterocycles. The van der Waals surface area contributed by atoms with E-state index in [9.17, 15) is 27.2 Å². The molecule has 196 valence electrons. The van der Waals surface area contributed by atoms with Crippen molar-refractivity contribution in [3.8, 4) is 5.69 Å². The fourth-order valence-corrected chi connectivity index (χ4v) is 4.27. The summed E-state index contributed by atoms with van der Waals surface area (Å²) in [6.45, 7) is 1.72. The Kier molecular flexibility index (Phi) is 8.10. The predicted octanol–water partition coefficient (Wildman–Crippen LogP) is 5.39. The van der Waals surface area contributed by atoms with E-state index >= 15 is 0 Å². The quantitative estimate of drug-likeness (QED) is 0.230. The molecule has 0 bridgehead atoms. The van der Waals surface area contributed by atoms with Gasteiger partial charge in [-0.25, -0.2) is 4.39 Å². The molecule has 7 nitrogen and oxygen atoms in total. The van der Waals surface area contributed by atoms with Crippen molar-refractivity contribution in [1.82, 2.24) is 20.1 Å². The third kappa shape index (κ3) is 6.76. The number of anilines is 1. The molecule has 1 aromatic heterocycles. The molecule has 3 aromatic carbocycles. The first-order valence-corrected chi connectivity index (χ1v) is 12.2. The Bertz CT molecular complexity index is 1450. The summed E-state index contributed by atoms with van der Waals surface area (Å²) < 4.78 is 54.6. The van der Waals surface area contributed by atoms with Crippen molar-refractivity contribution < 1.29 is 27.2 Å². The van der Waals surface area contributed by atoms with Gasteiger partial charge in [-0.1, -0.05) is 35.5 Å². The number of benzene rings is 3. The largest absolute Gasteiger partial charge is 0.416 e. The highest BCUT2D eigenvalue weighted by atomic mass is 32.2. The number of carbonyl (C=O) groups is 2. The van der Waals surface area contributed by atoms with Crippen molar-refractivity contribution in [3.05, 3.63) is 101 Å². The summed E-state index contributed by atoms with van der Waals surface area (Å²) >= 11 is 0.948. The summed E-state index contributed by atoms with van der Waals surface area (Å²) in [6, 6.07) is 16.7. The van der Waals surface area contributed by atoms with Crippen LogP contribution in [0.3, 0.4) is 0 Å². The molecule has 0 spiro atoms. The van der Waals surface area contributed by atoms with Gasteiger partial charge in [-0.3, -0.25) is 14.2 Å². The van der Waals surface area contributed by atoms with Gasteiger partial charge in [0.25, 0.3) is 5.91 Å². The summed E-state index contributed by atoms with van der Waals surface area (Å²) in [7, 11) is 0. The Morgan fingerprint density at radius 3 is 2.42 bits per heavy atom. The maximum absolute atomic E-state index is 13.4. The van der Waals surface area contributed by atoms with Crippen LogP contribution in [0.1, 0.15) is 27.3 Å². The second kappa shape index (κ2) is 11.5. The van der Waals surface area contributed by atoms with Gasteiger partial charge in [0, 0.05) is 11.3 Å². The topological polar surface area (TPSA) is 88.9 Å². The lowest BCUT2D eigenvalue weighted by atomic mass is 10.1. The van der Waals surface area contributed by atoms with Crippen molar-refractivity contribution >= 4 is 29.3 Å². The van der Waals surface area contributed by atoms with Crippen molar-refractivity contribution in [2.75, 3.05) is 11.1 Å². The van der Waals surface area contributed by atoms with E-state index in [0.717, 1.165) is 29.5 Å². The van der Waals surface area contributed by atoms with Gasteiger partial charge >= 0.3 is 6.18 Å². The van der Waals surface area contributed by atoms with Crippen LogP contribution in [0, 0.1) is 12.7 Å². The molecule has 0 aliphatic carbocycles. The van der Waals surface area contributed by atoms with E-state index in [2.05, 4.69) is 20.8 Å². The number of carbonyl (C=O) groups excluding carboxylic acids is 2. The zero-order chi connectivity index (χ0) is 27.3. The first kappa shape index (κ1) is 26.9. The van der Waals surface area contributed by atoms with Crippen molar-refractivity contribution in [3.63, 3.8) is 0 Å². The van der Waals surface area contributed by atoms with Crippen LogP contribution in [0.25, 0.3) is 5.69 Å². The smallest absolute Gasteiger partial charge is 0.345 e. The molecule has 0 aliphatic rings. The molecule has 12 heteroatoms. The predicted molar refractivity (Wildman–Crippen MR) is 134 cm³/mol. The fourth-order valence-electron chi connectivity index (χ4n) is 3.50. The van der Waals surface area contributed by atoms with Gasteiger partial charge in [-0.15, -0.1) is 10.2 Å². The van der Waals surface area contributed by atoms with E-state index in [1.54, 1.807) is 18.2 Å². The van der Waals surface area contributed by atoms with Gasteiger partial charge in [-0.2, -0.15) is 13.2 Å².